The largest absolute Gasteiger partial charge is 0.490 e. The zero-order chi connectivity index (χ0) is 24.2. The van der Waals surface area contributed by atoms with Crippen LogP contribution in [0.5, 0.6) is 11.5 Å². The van der Waals surface area contributed by atoms with Gasteiger partial charge in [0.2, 0.25) is 0 Å². The Morgan fingerprint density at radius 1 is 1.09 bits per heavy atom. The molecule has 1 heterocycles. The summed E-state index contributed by atoms with van der Waals surface area (Å²) >= 11 is 14.0. The maximum atomic E-state index is 12.5. The van der Waals surface area contributed by atoms with Crippen LogP contribution in [0.15, 0.2) is 54.6 Å². The zero-order valence-corrected chi connectivity index (χ0v) is 21.6. The van der Waals surface area contributed by atoms with E-state index in [1.807, 2.05) is 43.3 Å². The number of rotatable bonds is 7. The Morgan fingerprint density at radius 3 is 2.65 bits per heavy atom. The van der Waals surface area contributed by atoms with Gasteiger partial charge in [-0.05, 0) is 77.6 Å². The second kappa shape index (κ2) is 10.7. The predicted octanol–water partition coefficient (Wildman–Crippen LogP) is 6.51. The van der Waals surface area contributed by atoms with Crippen molar-refractivity contribution in [2.24, 2.45) is 0 Å². The van der Waals surface area contributed by atoms with Crippen molar-refractivity contribution in [2.45, 2.75) is 6.92 Å². The number of para-hydroxylation sites is 1. The van der Waals surface area contributed by atoms with Crippen LogP contribution in [0.25, 0.3) is 11.6 Å². The predicted molar refractivity (Wildman–Crippen MR) is 144 cm³/mol. The van der Waals surface area contributed by atoms with Crippen molar-refractivity contribution in [3.8, 4) is 11.5 Å². The van der Waals surface area contributed by atoms with Gasteiger partial charge in [0.25, 0.3) is 11.8 Å². The number of hydrogen-bond donors (Lipinski definition) is 2. The molecule has 3 aromatic carbocycles. The summed E-state index contributed by atoms with van der Waals surface area (Å²) < 4.78 is 12.3. The molecule has 4 rings (SSSR count). The fraction of sp³-hybridized carbons (Fsp3) is 0.120. The molecule has 2 amide bonds. The summed E-state index contributed by atoms with van der Waals surface area (Å²) in [4.78, 5) is 24.9. The van der Waals surface area contributed by atoms with Gasteiger partial charge in [-0.1, -0.05) is 41.4 Å². The van der Waals surface area contributed by atoms with Gasteiger partial charge in [-0.2, -0.15) is 0 Å². The molecule has 0 fully saturated rings. The lowest BCUT2D eigenvalue weighted by atomic mass is 10.0. The molecule has 0 radical (unpaired) electrons. The molecule has 0 saturated heterocycles. The Kier molecular flexibility index (Phi) is 7.65. The van der Waals surface area contributed by atoms with E-state index in [0.717, 1.165) is 20.4 Å². The molecule has 1 aliphatic heterocycles. The van der Waals surface area contributed by atoms with Crippen LogP contribution in [0, 0.1) is 3.57 Å². The lowest BCUT2D eigenvalue weighted by Gasteiger charge is -2.15. The lowest BCUT2D eigenvalue weighted by molar-refractivity contribution is -0.118. The van der Waals surface area contributed by atoms with E-state index in [9.17, 15) is 9.59 Å². The van der Waals surface area contributed by atoms with Crippen molar-refractivity contribution >= 4 is 80.6 Å². The van der Waals surface area contributed by atoms with Crippen LogP contribution in [0.1, 0.15) is 18.1 Å². The van der Waals surface area contributed by atoms with Crippen LogP contribution < -0.4 is 20.1 Å². The molecule has 0 unspecified atom stereocenters. The standard InChI is InChI=1S/C25H19Cl2IN2O4/c1-2-33-22-11-14(9-17-16-5-3-4-6-21(16)30-25(17)32)10-20(28)24(22)34-13-23(31)29-15-7-8-18(26)19(27)12-15/h3-12H,2,13H2,1H3,(H,29,31)(H,30,32)/b17-9-. The molecule has 2 N–H and O–H groups in total. The molecule has 0 saturated carbocycles. The highest BCUT2D eigenvalue weighted by molar-refractivity contribution is 14.1. The van der Waals surface area contributed by atoms with E-state index < -0.39 is 0 Å². The maximum absolute atomic E-state index is 12.5. The van der Waals surface area contributed by atoms with E-state index in [2.05, 4.69) is 33.2 Å². The SMILES string of the molecule is CCOc1cc(/C=C2\C(=O)Nc3ccccc32)cc(I)c1OCC(=O)Nc1ccc(Cl)c(Cl)c1. The Balaban J connectivity index is 1.54. The minimum atomic E-state index is -0.359. The summed E-state index contributed by atoms with van der Waals surface area (Å²) in [5.41, 5.74) is 3.50. The number of hydrogen-bond acceptors (Lipinski definition) is 4. The molecule has 9 heteroatoms. The number of carbonyl (C=O) groups excluding carboxylic acids is 2. The topological polar surface area (TPSA) is 76.7 Å². The van der Waals surface area contributed by atoms with Gasteiger partial charge in [-0.25, -0.2) is 0 Å². The summed E-state index contributed by atoms with van der Waals surface area (Å²) in [5.74, 6) is 0.413. The normalized spacial score (nSPS) is 13.4. The van der Waals surface area contributed by atoms with Gasteiger partial charge < -0.3 is 20.1 Å². The number of halogens is 3. The monoisotopic (exact) mass is 608 g/mol. The van der Waals surface area contributed by atoms with E-state index >= 15 is 0 Å². The van der Waals surface area contributed by atoms with Crippen LogP contribution in [0.4, 0.5) is 11.4 Å². The summed E-state index contributed by atoms with van der Waals surface area (Å²) in [5, 5.41) is 6.34. The van der Waals surface area contributed by atoms with E-state index in [1.54, 1.807) is 24.3 Å². The Morgan fingerprint density at radius 2 is 1.88 bits per heavy atom. The van der Waals surface area contributed by atoms with Crippen LogP contribution in [0.3, 0.4) is 0 Å². The fourth-order valence-corrected chi connectivity index (χ4v) is 4.51. The van der Waals surface area contributed by atoms with E-state index in [-0.39, 0.29) is 18.4 Å². The molecular weight excluding hydrogens is 590 g/mol. The molecule has 1 aliphatic rings. The van der Waals surface area contributed by atoms with Gasteiger partial charge in [0, 0.05) is 22.5 Å². The summed E-state index contributed by atoms with van der Waals surface area (Å²) in [7, 11) is 0. The van der Waals surface area contributed by atoms with Gasteiger partial charge in [0.05, 0.1) is 20.2 Å². The van der Waals surface area contributed by atoms with Gasteiger partial charge in [0.1, 0.15) is 0 Å². The second-order valence-electron chi connectivity index (χ2n) is 7.29. The third-order valence-corrected chi connectivity index (χ3v) is 6.44. The molecule has 34 heavy (non-hydrogen) atoms. The van der Waals surface area contributed by atoms with Crippen LogP contribution in [-0.4, -0.2) is 25.0 Å². The van der Waals surface area contributed by atoms with Crippen molar-refractivity contribution in [1.82, 2.24) is 0 Å². The van der Waals surface area contributed by atoms with Gasteiger partial charge in [-0.3, -0.25) is 9.59 Å². The first-order chi connectivity index (χ1) is 16.4. The molecule has 0 aliphatic carbocycles. The average Bonchev–Trinajstić information content (AvgIpc) is 3.11. The van der Waals surface area contributed by atoms with Crippen LogP contribution in [0.2, 0.25) is 10.0 Å². The number of ether oxygens (including phenoxy) is 2. The Labute approximate surface area is 220 Å². The van der Waals surface area contributed by atoms with Crippen molar-refractivity contribution in [1.29, 1.82) is 0 Å². The number of amides is 2. The fourth-order valence-electron chi connectivity index (χ4n) is 3.43. The second-order valence-corrected chi connectivity index (χ2v) is 9.26. The minimum Gasteiger partial charge on any atom is -0.490 e. The van der Waals surface area contributed by atoms with Gasteiger partial charge >= 0.3 is 0 Å². The van der Waals surface area contributed by atoms with E-state index in [4.69, 9.17) is 32.7 Å². The Bertz CT molecular complexity index is 1310. The summed E-state index contributed by atoms with van der Waals surface area (Å²) in [6.07, 6.45) is 1.81. The summed E-state index contributed by atoms with van der Waals surface area (Å²) in [6, 6.07) is 16.0. The average molecular weight is 609 g/mol. The van der Waals surface area contributed by atoms with Crippen molar-refractivity contribution in [3.05, 3.63) is 79.3 Å². The number of benzene rings is 3. The lowest BCUT2D eigenvalue weighted by Crippen LogP contribution is -2.20. The third kappa shape index (κ3) is 5.48. The molecule has 0 bridgehead atoms. The van der Waals surface area contributed by atoms with Crippen LogP contribution in [-0.2, 0) is 9.59 Å². The number of carbonyl (C=O) groups is 2. The van der Waals surface area contributed by atoms with Crippen molar-refractivity contribution < 1.29 is 19.1 Å². The minimum absolute atomic E-state index is 0.159. The highest BCUT2D eigenvalue weighted by Crippen LogP contribution is 2.37. The van der Waals surface area contributed by atoms with E-state index in [0.29, 0.717) is 39.4 Å². The first-order valence-corrected chi connectivity index (χ1v) is 12.2. The number of anilines is 2. The highest BCUT2D eigenvalue weighted by atomic mass is 127. The van der Waals surface area contributed by atoms with Gasteiger partial charge in [-0.15, -0.1) is 0 Å². The first-order valence-electron chi connectivity index (χ1n) is 10.3. The van der Waals surface area contributed by atoms with Gasteiger partial charge in [0.15, 0.2) is 18.1 Å². The first kappa shape index (κ1) is 24.4. The van der Waals surface area contributed by atoms with E-state index in [1.165, 1.54) is 0 Å². The molecule has 0 spiro atoms. The zero-order valence-electron chi connectivity index (χ0n) is 18.0. The molecule has 174 valence electrons. The molecule has 0 atom stereocenters. The quantitative estimate of drug-likeness (QED) is 0.237. The van der Waals surface area contributed by atoms with Crippen molar-refractivity contribution in [3.63, 3.8) is 0 Å². The molecular formula is C25H19Cl2IN2O4. The third-order valence-electron chi connectivity index (χ3n) is 4.90. The summed E-state index contributed by atoms with van der Waals surface area (Å²) in [6.45, 7) is 2.04. The molecule has 0 aromatic heterocycles. The maximum Gasteiger partial charge on any atom is 0.262 e. The molecule has 3 aromatic rings. The number of fused-ring (bicyclic) bond motifs is 1. The smallest absolute Gasteiger partial charge is 0.262 e. The number of nitrogens with one attached hydrogen (secondary N) is 2. The highest BCUT2D eigenvalue weighted by Gasteiger charge is 2.24. The molecule has 6 nitrogen and oxygen atoms in total. The Hall–Kier alpha value is -2.75. The van der Waals surface area contributed by atoms with Crippen molar-refractivity contribution in [2.75, 3.05) is 23.8 Å². The van der Waals surface area contributed by atoms with Crippen LogP contribution >= 0.6 is 45.8 Å².